The zero-order chi connectivity index (χ0) is 12.3. The lowest BCUT2D eigenvalue weighted by Gasteiger charge is -2.20. The van der Waals surface area contributed by atoms with E-state index in [9.17, 15) is 0 Å². The van der Waals surface area contributed by atoms with E-state index in [-0.39, 0.29) is 0 Å². The van der Waals surface area contributed by atoms with Gasteiger partial charge in [-0.25, -0.2) is 0 Å². The lowest BCUT2D eigenvalue weighted by molar-refractivity contribution is 0.0832. The van der Waals surface area contributed by atoms with Crippen LogP contribution >= 0.6 is 27.5 Å². The van der Waals surface area contributed by atoms with E-state index in [1.807, 2.05) is 18.2 Å². The van der Waals surface area contributed by atoms with E-state index in [4.69, 9.17) is 16.3 Å². The predicted octanol–water partition coefficient (Wildman–Crippen LogP) is 3.76. The van der Waals surface area contributed by atoms with Gasteiger partial charge in [0.2, 0.25) is 0 Å². The molecule has 94 valence electrons. The fourth-order valence-electron chi connectivity index (χ4n) is 2.06. The number of nitrogens with one attached hydrogen (secondary N) is 1. The summed E-state index contributed by atoms with van der Waals surface area (Å²) in [5.41, 5.74) is 1.12. The summed E-state index contributed by atoms with van der Waals surface area (Å²) in [6.07, 6.45) is 2.68. The van der Waals surface area contributed by atoms with Gasteiger partial charge in [-0.3, -0.25) is 0 Å². The molecule has 4 heteroatoms. The first-order valence-electron chi connectivity index (χ1n) is 5.96. The van der Waals surface area contributed by atoms with Gasteiger partial charge in [0.15, 0.2) is 0 Å². The molecule has 0 spiro atoms. The standard InChI is InChI=1S/C13H17BrClNO/c1-9(13-3-2-6-17-13)16-8-10-4-5-11(14)7-12(10)15/h4-5,7,9,13,16H,2-3,6,8H2,1H3. The Morgan fingerprint density at radius 2 is 2.41 bits per heavy atom. The van der Waals surface area contributed by atoms with Crippen LogP contribution in [0, 0.1) is 0 Å². The summed E-state index contributed by atoms with van der Waals surface area (Å²) in [7, 11) is 0. The Bertz CT molecular complexity index is 380. The molecule has 2 atom stereocenters. The van der Waals surface area contributed by atoms with Crippen LogP contribution in [0.25, 0.3) is 0 Å². The SMILES string of the molecule is CC(NCc1ccc(Br)cc1Cl)C1CCCO1. The van der Waals surface area contributed by atoms with Crippen LogP contribution in [0.3, 0.4) is 0 Å². The van der Waals surface area contributed by atoms with Crippen LogP contribution in [-0.4, -0.2) is 18.8 Å². The Balaban J connectivity index is 1.88. The van der Waals surface area contributed by atoms with Crippen LogP contribution in [0.1, 0.15) is 25.3 Å². The summed E-state index contributed by atoms with van der Waals surface area (Å²) in [5, 5.41) is 4.27. The van der Waals surface area contributed by atoms with E-state index in [2.05, 4.69) is 28.2 Å². The van der Waals surface area contributed by atoms with E-state index in [1.165, 1.54) is 6.42 Å². The molecule has 0 aliphatic carbocycles. The van der Waals surface area contributed by atoms with Crippen molar-refractivity contribution in [1.82, 2.24) is 5.32 Å². The highest BCUT2D eigenvalue weighted by atomic mass is 79.9. The predicted molar refractivity (Wildman–Crippen MR) is 74.4 cm³/mol. The molecule has 2 unspecified atom stereocenters. The molecule has 0 aromatic heterocycles. The van der Waals surface area contributed by atoms with Crippen molar-refractivity contribution in [3.8, 4) is 0 Å². The molecule has 1 N–H and O–H groups in total. The molecular weight excluding hydrogens is 302 g/mol. The molecule has 1 fully saturated rings. The van der Waals surface area contributed by atoms with E-state index < -0.39 is 0 Å². The minimum absolute atomic E-state index is 0.351. The third kappa shape index (κ3) is 3.68. The van der Waals surface area contributed by atoms with Gasteiger partial charge in [-0.2, -0.15) is 0 Å². The molecule has 1 aromatic rings. The van der Waals surface area contributed by atoms with Gasteiger partial charge in [0, 0.05) is 28.7 Å². The van der Waals surface area contributed by atoms with Crippen molar-refractivity contribution in [2.75, 3.05) is 6.61 Å². The largest absolute Gasteiger partial charge is 0.377 e. The first-order valence-corrected chi connectivity index (χ1v) is 7.13. The molecule has 2 nitrogen and oxygen atoms in total. The summed E-state index contributed by atoms with van der Waals surface area (Å²) in [6.45, 7) is 3.85. The van der Waals surface area contributed by atoms with Gasteiger partial charge >= 0.3 is 0 Å². The number of ether oxygens (including phenoxy) is 1. The Labute approximate surface area is 116 Å². The second kappa shape index (κ2) is 6.19. The van der Waals surface area contributed by atoms with Crippen molar-refractivity contribution in [2.45, 2.75) is 38.5 Å². The van der Waals surface area contributed by atoms with Crippen LogP contribution in [0.15, 0.2) is 22.7 Å². The Hall–Kier alpha value is -0.0900. The minimum atomic E-state index is 0.351. The van der Waals surface area contributed by atoms with Gasteiger partial charge in [-0.1, -0.05) is 33.6 Å². The zero-order valence-electron chi connectivity index (χ0n) is 9.88. The maximum atomic E-state index is 6.17. The molecule has 1 aliphatic heterocycles. The average molecular weight is 319 g/mol. The van der Waals surface area contributed by atoms with Crippen molar-refractivity contribution >= 4 is 27.5 Å². The molecule has 0 amide bonds. The zero-order valence-corrected chi connectivity index (χ0v) is 12.2. The topological polar surface area (TPSA) is 21.3 Å². The highest BCUT2D eigenvalue weighted by Crippen LogP contribution is 2.22. The van der Waals surface area contributed by atoms with E-state index in [1.54, 1.807) is 0 Å². The minimum Gasteiger partial charge on any atom is -0.377 e. The summed E-state index contributed by atoms with van der Waals surface area (Å²) in [4.78, 5) is 0. The molecule has 1 heterocycles. The number of benzene rings is 1. The highest BCUT2D eigenvalue weighted by Gasteiger charge is 2.21. The lowest BCUT2D eigenvalue weighted by atomic mass is 10.1. The molecule has 2 rings (SSSR count). The molecular formula is C13H17BrClNO. The number of hydrogen-bond acceptors (Lipinski definition) is 2. The quantitative estimate of drug-likeness (QED) is 0.912. The highest BCUT2D eigenvalue weighted by molar-refractivity contribution is 9.10. The summed E-state index contributed by atoms with van der Waals surface area (Å²) < 4.78 is 6.66. The number of hydrogen-bond donors (Lipinski definition) is 1. The van der Waals surface area contributed by atoms with Crippen molar-refractivity contribution in [3.05, 3.63) is 33.3 Å². The van der Waals surface area contributed by atoms with Crippen LogP contribution in [-0.2, 0) is 11.3 Å². The Kier molecular flexibility index (Phi) is 4.86. The molecule has 17 heavy (non-hydrogen) atoms. The average Bonchev–Trinajstić information content (AvgIpc) is 2.81. The van der Waals surface area contributed by atoms with Gasteiger partial charge < -0.3 is 10.1 Å². The maximum Gasteiger partial charge on any atom is 0.0726 e. The molecule has 1 aromatic carbocycles. The molecule has 0 saturated carbocycles. The first kappa shape index (κ1) is 13.3. The van der Waals surface area contributed by atoms with Gasteiger partial charge in [0.1, 0.15) is 0 Å². The fourth-order valence-corrected chi connectivity index (χ4v) is 2.80. The monoisotopic (exact) mass is 317 g/mol. The number of halogens is 2. The lowest BCUT2D eigenvalue weighted by Crippen LogP contribution is -2.36. The van der Waals surface area contributed by atoms with Crippen LogP contribution in [0.4, 0.5) is 0 Å². The van der Waals surface area contributed by atoms with Crippen molar-refractivity contribution < 1.29 is 4.74 Å². The van der Waals surface area contributed by atoms with Crippen LogP contribution < -0.4 is 5.32 Å². The second-order valence-corrected chi connectivity index (χ2v) is 5.78. The summed E-state index contributed by atoms with van der Waals surface area (Å²) in [6, 6.07) is 6.36. The second-order valence-electron chi connectivity index (χ2n) is 4.46. The third-order valence-electron chi connectivity index (χ3n) is 3.15. The van der Waals surface area contributed by atoms with E-state index >= 15 is 0 Å². The van der Waals surface area contributed by atoms with Gasteiger partial charge in [-0.05, 0) is 37.5 Å². The van der Waals surface area contributed by atoms with E-state index in [0.717, 1.165) is 34.6 Å². The summed E-state index contributed by atoms with van der Waals surface area (Å²) >= 11 is 9.58. The molecule has 0 radical (unpaired) electrons. The van der Waals surface area contributed by atoms with Crippen molar-refractivity contribution in [3.63, 3.8) is 0 Å². The van der Waals surface area contributed by atoms with Crippen molar-refractivity contribution in [1.29, 1.82) is 0 Å². The number of rotatable bonds is 4. The normalized spacial score (nSPS) is 21.7. The van der Waals surface area contributed by atoms with Gasteiger partial charge in [0.25, 0.3) is 0 Å². The van der Waals surface area contributed by atoms with Crippen LogP contribution in [0.2, 0.25) is 5.02 Å². The maximum absolute atomic E-state index is 6.17. The third-order valence-corrected chi connectivity index (χ3v) is 4.00. The Morgan fingerprint density at radius 3 is 3.06 bits per heavy atom. The Morgan fingerprint density at radius 1 is 1.59 bits per heavy atom. The fraction of sp³-hybridized carbons (Fsp3) is 0.538. The van der Waals surface area contributed by atoms with E-state index in [0.29, 0.717) is 12.1 Å². The van der Waals surface area contributed by atoms with Gasteiger partial charge in [-0.15, -0.1) is 0 Å². The molecule has 0 bridgehead atoms. The van der Waals surface area contributed by atoms with Gasteiger partial charge in [0.05, 0.1) is 6.10 Å². The molecule has 1 saturated heterocycles. The van der Waals surface area contributed by atoms with Crippen molar-refractivity contribution in [2.24, 2.45) is 0 Å². The molecule has 1 aliphatic rings. The smallest absolute Gasteiger partial charge is 0.0726 e. The summed E-state index contributed by atoms with van der Waals surface area (Å²) in [5.74, 6) is 0. The van der Waals surface area contributed by atoms with Crippen LogP contribution in [0.5, 0.6) is 0 Å². The first-order chi connectivity index (χ1) is 8.16.